The van der Waals surface area contributed by atoms with E-state index in [9.17, 15) is 26.0 Å². The van der Waals surface area contributed by atoms with Crippen molar-refractivity contribution >= 4 is 67.9 Å². The van der Waals surface area contributed by atoms with Gasteiger partial charge >= 0.3 is 10.7 Å². The minimum Gasteiger partial charge on any atom is -0.297 e. The Bertz CT molecular complexity index is 1300. The molecule has 0 saturated carbocycles. The SMILES string of the molecule is Cc1nc(F)c(S(C)(=O)=O)c(-c2nc(F)nc(N3[CH]C(Cl)=C(F)N=C3C(F)(Cl)Cl)c2Cl)n1. The number of hydrogen-bond acceptors (Lipinski definition) is 8. The van der Waals surface area contributed by atoms with Gasteiger partial charge in [-0.15, -0.1) is 0 Å². The van der Waals surface area contributed by atoms with Gasteiger partial charge in [0.2, 0.25) is 11.9 Å². The van der Waals surface area contributed by atoms with Crippen LogP contribution >= 0.6 is 46.4 Å². The normalized spacial score (nSPS) is 15.3. The molecule has 3 rings (SSSR count). The Morgan fingerprint density at radius 1 is 1.03 bits per heavy atom. The Morgan fingerprint density at radius 2 is 1.66 bits per heavy atom. The van der Waals surface area contributed by atoms with Crippen molar-refractivity contribution < 1.29 is 26.0 Å². The van der Waals surface area contributed by atoms with E-state index in [1.165, 1.54) is 6.92 Å². The number of alkyl halides is 3. The van der Waals surface area contributed by atoms with E-state index in [1.54, 1.807) is 0 Å². The average Bonchev–Trinajstić information content (AvgIpc) is 2.62. The number of aliphatic imine (C=N–C) groups is 1. The molecule has 1 aliphatic heterocycles. The van der Waals surface area contributed by atoms with Gasteiger partial charge in [0.1, 0.15) is 33.7 Å². The molecule has 17 heteroatoms. The number of aromatic nitrogens is 4. The zero-order chi connectivity index (χ0) is 24.2. The monoisotopic (exact) mass is 551 g/mol. The van der Waals surface area contributed by atoms with Crippen LogP contribution in [0, 0.1) is 25.5 Å². The van der Waals surface area contributed by atoms with Gasteiger partial charge in [-0.3, -0.25) is 4.90 Å². The second-order valence-electron chi connectivity index (χ2n) is 6.06. The number of hydrogen-bond donors (Lipinski definition) is 0. The largest absolute Gasteiger partial charge is 0.315 e. The van der Waals surface area contributed by atoms with Crippen LogP contribution in [0.25, 0.3) is 11.4 Å². The van der Waals surface area contributed by atoms with Gasteiger partial charge in [0.25, 0.3) is 0 Å². The summed E-state index contributed by atoms with van der Waals surface area (Å²) in [4.78, 5) is 16.5. The highest BCUT2D eigenvalue weighted by Gasteiger charge is 2.41. The van der Waals surface area contributed by atoms with E-state index in [-0.39, 0.29) is 5.82 Å². The molecule has 0 fully saturated rings. The van der Waals surface area contributed by atoms with Crippen LogP contribution in [0.5, 0.6) is 0 Å². The summed E-state index contributed by atoms with van der Waals surface area (Å²) in [7, 11) is -4.31. The standard InChI is InChI=1S/C15H7Cl4F4N6O2S/c1-4-24-8(9(11(21)25-4)32(2,30)31)7-6(17)12(28-14(22)26-7)29-3-5(16)10(20)27-13(29)15(18,19)23/h3H,1-2H3. The number of anilines is 1. The third-order valence-corrected chi connectivity index (χ3v) is 5.73. The number of aryl methyl sites for hydroxylation is 1. The maximum absolute atomic E-state index is 14.4. The second-order valence-corrected chi connectivity index (χ2v) is 10.0. The van der Waals surface area contributed by atoms with Gasteiger partial charge in [0.15, 0.2) is 21.5 Å². The van der Waals surface area contributed by atoms with Gasteiger partial charge < -0.3 is 0 Å². The van der Waals surface area contributed by atoms with Crippen LogP contribution in [0.4, 0.5) is 23.4 Å². The molecule has 0 unspecified atom stereocenters. The van der Waals surface area contributed by atoms with Gasteiger partial charge in [-0.1, -0.05) is 46.4 Å². The Balaban J connectivity index is 2.34. The van der Waals surface area contributed by atoms with E-state index in [1.807, 2.05) is 0 Å². The average molecular weight is 553 g/mol. The molecule has 0 N–H and O–H groups in total. The van der Waals surface area contributed by atoms with Gasteiger partial charge in [0, 0.05) is 6.26 Å². The van der Waals surface area contributed by atoms with Crippen LogP contribution in [-0.2, 0) is 9.84 Å². The van der Waals surface area contributed by atoms with E-state index in [4.69, 9.17) is 46.4 Å². The lowest BCUT2D eigenvalue weighted by atomic mass is 10.2. The first-order valence-electron chi connectivity index (χ1n) is 7.94. The van der Waals surface area contributed by atoms with Crippen LogP contribution in [0.2, 0.25) is 5.02 Å². The minimum absolute atomic E-state index is 0.245. The Labute approximate surface area is 197 Å². The summed E-state index contributed by atoms with van der Waals surface area (Å²) in [5, 5.41) is -1.37. The summed E-state index contributed by atoms with van der Waals surface area (Å²) in [6.07, 6.45) is -0.891. The van der Waals surface area contributed by atoms with Gasteiger partial charge in [-0.05, 0) is 6.92 Å². The summed E-state index contributed by atoms with van der Waals surface area (Å²) in [5.41, 5.74) is -1.43. The lowest BCUT2D eigenvalue weighted by Crippen LogP contribution is -2.41. The molecule has 171 valence electrons. The molecule has 3 heterocycles. The minimum atomic E-state index is -4.31. The fraction of sp³-hybridized carbons (Fsp3) is 0.200. The summed E-state index contributed by atoms with van der Waals surface area (Å²) in [6, 6.07) is 0. The second kappa shape index (κ2) is 8.52. The summed E-state index contributed by atoms with van der Waals surface area (Å²) in [6.45, 7) is 1.90. The quantitative estimate of drug-likeness (QED) is 0.182. The first kappa shape index (κ1) is 24.8. The van der Waals surface area contributed by atoms with Gasteiger partial charge in [-0.25, -0.2) is 18.4 Å². The van der Waals surface area contributed by atoms with Crippen molar-refractivity contribution in [3.05, 3.63) is 40.4 Å². The third kappa shape index (κ3) is 4.76. The molecular formula is C15H7Cl4F4N6O2S. The van der Waals surface area contributed by atoms with Gasteiger partial charge in [-0.2, -0.15) is 32.5 Å². The van der Waals surface area contributed by atoms with Crippen molar-refractivity contribution in [1.29, 1.82) is 0 Å². The first-order chi connectivity index (χ1) is 14.6. The molecule has 0 aliphatic carbocycles. The predicted octanol–water partition coefficient (Wildman–Crippen LogP) is 4.44. The van der Waals surface area contributed by atoms with Crippen LogP contribution in [0.15, 0.2) is 20.9 Å². The zero-order valence-corrected chi connectivity index (χ0v) is 19.3. The van der Waals surface area contributed by atoms with E-state index in [0.717, 1.165) is 0 Å². The molecular weight excluding hydrogens is 546 g/mol. The van der Waals surface area contributed by atoms with E-state index in [2.05, 4.69) is 24.9 Å². The number of halogens is 8. The van der Waals surface area contributed by atoms with Crippen LogP contribution < -0.4 is 4.90 Å². The van der Waals surface area contributed by atoms with Crippen molar-refractivity contribution in [2.24, 2.45) is 4.99 Å². The molecule has 2 aromatic heterocycles. The van der Waals surface area contributed by atoms with E-state index in [0.29, 0.717) is 17.7 Å². The van der Waals surface area contributed by atoms with E-state index < -0.39 is 70.4 Å². The summed E-state index contributed by atoms with van der Waals surface area (Å²) in [5.74, 6) is -4.87. The van der Waals surface area contributed by atoms with Crippen molar-refractivity contribution in [3.8, 4) is 11.4 Å². The molecule has 0 spiro atoms. The molecule has 0 atom stereocenters. The number of nitrogens with zero attached hydrogens (tertiary/aromatic N) is 6. The van der Waals surface area contributed by atoms with Crippen LogP contribution in [0.1, 0.15) is 5.82 Å². The topological polar surface area (TPSA) is 101 Å². The smallest absolute Gasteiger partial charge is 0.297 e. The number of rotatable bonds is 4. The molecule has 1 aliphatic rings. The Kier molecular flexibility index (Phi) is 6.61. The lowest BCUT2D eigenvalue weighted by Gasteiger charge is -2.30. The molecule has 8 nitrogen and oxygen atoms in total. The highest BCUT2D eigenvalue weighted by atomic mass is 35.5. The van der Waals surface area contributed by atoms with Crippen molar-refractivity contribution in [1.82, 2.24) is 19.9 Å². The maximum atomic E-state index is 14.4. The highest BCUT2D eigenvalue weighted by molar-refractivity contribution is 7.90. The molecule has 0 bridgehead atoms. The first-order valence-corrected chi connectivity index (χ1v) is 11.3. The van der Waals surface area contributed by atoms with Crippen molar-refractivity contribution in [2.75, 3.05) is 11.2 Å². The maximum Gasteiger partial charge on any atom is 0.315 e. The molecule has 32 heavy (non-hydrogen) atoms. The number of sulfone groups is 1. The summed E-state index contributed by atoms with van der Waals surface area (Å²) < 4.78 is 77.7. The predicted molar refractivity (Wildman–Crippen MR) is 110 cm³/mol. The molecule has 0 amide bonds. The molecule has 0 saturated heterocycles. The zero-order valence-electron chi connectivity index (χ0n) is 15.5. The summed E-state index contributed by atoms with van der Waals surface area (Å²) >= 11 is 22.7. The van der Waals surface area contributed by atoms with Crippen molar-refractivity contribution in [3.63, 3.8) is 0 Å². The molecule has 1 radical (unpaired) electrons. The lowest BCUT2D eigenvalue weighted by molar-refractivity contribution is 0.477. The highest BCUT2D eigenvalue weighted by Crippen LogP contribution is 2.41. The molecule has 2 aromatic rings. The fourth-order valence-electron chi connectivity index (χ4n) is 2.53. The fourth-order valence-corrected chi connectivity index (χ4v) is 4.05. The van der Waals surface area contributed by atoms with Crippen LogP contribution in [0.3, 0.4) is 0 Å². The van der Waals surface area contributed by atoms with Crippen LogP contribution in [-0.4, -0.2) is 45.0 Å². The Morgan fingerprint density at radius 3 is 2.22 bits per heavy atom. The van der Waals surface area contributed by atoms with Crippen molar-refractivity contribution in [2.45, 2.75) is 16.4 Å². The van der Waals surface area contributed by atoms with E-state index >= 15 is 0 Å². The third-order valence-electron chi connectivity index (χ3n) is 3.69. The molecule has 0 aromatic carbocycles. The number of amidine groups is 1. The van der Waals surface area contributed by atoms with Gasteiger partial charge in [0.05, 0.1) is 5.03 Å². The Hall–Kier alpha value is -1.80.